The van der Waals surface area contributed by atoms with Crippen molar-refractivity contribution in [2.24, 2.45) is 0 Å². The molecular formula is C15H24FNO2. The number of nitrogens with one attached hydrogen (secondary N) is 1. The van der Waals surface area contributed by atoms with E-state index in [4.69, 9.17) is 9.47 Å². The maximum atomic E-state index is 13.6. The summed E-state index contributed by atoms with van der Waals surface area (Å²) >= 11 is 0. The third-order valence-electron chi connectivity index (χ3n) is 3.15. The van der Waals surface area contributed by atoms with Crippen LogP contribution < -0.4 is 10.1 Å². The van der Waals surface area contributed by atoms with Crippen LogP contribution in [0.4, 0.5) is 4.39 Å². The summed E-state index contributed by atoms with van der Waals surface area (Å²) in [7, 11) is 3.19. The lowest BCUT2D eigenvalue weighted by atomic mass is 10.1. The molecule has 0 saturated carbocycles. The molecule has 0 fully saturated rings. The Kier molecular flexibility index (Phi) is 7.45. The summed E-state index contributed by atoms with van der Waals surface area (Å²) in [6, 6.07) is 5.23. The topological polar surface area (TPSA) is 30.5 Å². The molecule has 1 aromatic carbocycles. The van der Waals surface area contributed by atoms with Crippen LogP contribution in [-0.2, 0) is 4.74 Å². The van der Waals surface area contributed by atoms with E-state index in [1.165, 1.54) is 13.2 Å². The van der Waals surface area contributed by atoms with Gasteiger partial charge in [-0.1, -0.05) is 6.07 Å². The Balaban J connectivity index is 2.33. The highest BCUT2D eigenvalue weighted by atomic mass is 19.1. The molecule has 1 rings (SSSR count). The Morgan fingerprint density at radius 1 is 1.21 bits per heavy atom. The quantitative estimate of drug-likeness (QED) is 0.698. The Hall–Kier alpha value is -1.13. The van der Waals surface area contributed by atoms with E-state index in [0.717, 1.165) is 38.0 Å². The number of hydrogen-bond acceptors (Lipinski definition) is 3. The molecule has 0 spiro atoms. The summed E-state index contributed by atoms with van der Waals surface area (Å²) < 4.78 is 23.5. The molecule has 0 aliphatic carbocycles. The molecule has 4 heteroatoms. The monoisotopic (exact) mass is 269 g/mol. The van der Waals surface area contributed by atoms with Crippen molar-refractivity contribution in [2.75, 3.05) is 27.4 Å². The van der Waals surface area contributed by atoms with Crippen molar-refractivity contribution in [3.8, 4) is 5.75 Å². The Labute approximate surface area is 115 Å². The molecule has 1 N–H and O–H groups in total. The summed E-state index contributed by atoms with van der Waals surface area (Å²) in [5, 5.41) is 3.39. The van der Waals surface area contributed by atoms with E-state index >= 15 is 0 Å². The fourth-order valence-electron chi connectivity index (χ4n) is 1.94. The lowest BCUT2D eigenvalue weighted by molar-refractivity contribution is 0.192. The van der Waals surface area contributed by atoms with E-state index < -0.39 is 0 Å². The molecule has 108 valence electrons. The van der Waals surface area contributed by atoms with Crippen LogP contribution in [-0.4, -0.2) is 27.4 Å². The van der Waals surface area contributed by atoms with Crippen molar-refractivity contribution >= 4 is 0 Å². The number of methoxy groups -OCH3 is 2. The number of rotatable bonds is 9. The van der Waals surface area contributed by atoms with E-state index in [1.807, 2.05) is 13.0 Å². The van der Waals surface area contributed by atoms with E-state index in [-0.39, 0.29) is 17.6 Å². The molecule has 0 saturated heterocycles. The largest absolute Gasteiger partial charge is 0.494 e. The molecule has 3 nitrogen and oxygen atoms in total. The third-order valence-corrected chi connectivity index (χ3v) is 3.15. The summed E-state index contributed by atoms with van der Waals surface area (Å²) in [4.78, 5) is 0. The second kappa shape index (κ2) is 8.88. The van der Waals surface area contributed by atoms with Gasteiger partial charge >= 0.3 is 0 Å². The van der Waals surface area contributed by atoms with Gasteiger partial charge in [0.05, 0.1) is 7.11 Å². The van der Waals surface area contributed by atoms with Crippen LogP contribution in [0, 0.1) is 5.82 Å². The summed E-state index contributed by atoms with van der Waals surface area (Å²) in [6.45, 7) is 3.79. The Bertz CT molecular complexity index is 371. The zero-order valence-corrected chi connectivity index (χ0v) is 12.0. The molecule has 0 bridgehead atoms. The maximum absolute atomic E-state index is 13.6. The summed E-state index contributed by atoms with van der Waals surface area (Å²) in [5.41, 5.74) is 0.940. The molecular weight excluding hydrogens is 245 g/mol. The highest BCUT2D eigenvalue weighted by Gasteiger charge is 2.08. The van der Waals surface area contributed by atoms with Crippen LogP contribution in [0.5, 0.6) is 5.75 Å². The molecule has 1 aromatic rings. The molecule has 1 atom stereocenters. The maximum Gasteiger partial charge on any atom is 0.165 e. The lowest BCUT2D eigenvalue weighted by Crippen LogP contribution is -2.20. The van der Waals surface area contributed by atoms with E-state index in [0.29, 0.717) is 0 Å². The van der Waals surface area contributed by atoms with Gasteiger partial charge in [-0.15, -0.1) is 0 Å². The fraction of sp³-hybridized carbons (Fsp3) is 0.600. The van der Waals surface area contributed by atoms with Crippen molar-refractivity contribution in [3.05, 3.63) is 29.6 Å². The highest BCUT2D eigenvalue weighted by Crippen LogP contribution is 2.21. The zero-order valence-electron chi connectivity index (χ0n) is 12.0. The van der Waals surface area contributed by atoms with Crippen molar-refractivity contribution in [1.29, 1.82) is 0 Å². The fourth-order valence-corrected chi connectivity index (χ4v) is 1.94. The smallest absolute Gasteiger partial charge is 0.165 e. The van der Waals surface area contributed by atoms with E-state index in [1.54, 1.807) is 13.2 Å². The standard InChI is InChI=1S/C15H24FNO2/c1-12(17-9-5-4-6-10-18-2)13-7-8-15(19-3)14(16)11-13/h7-8,11-12,17H,4-6,9-10H2,1-3H3. The molecule has 0 heterocycles. The molecule has 19 heavy (non-hydrogen) atoms. The zero-order chi connectivity index (χ0) is 14.1. The van der Waals surface area contributed by atoms with Gasteiger partial charge in [-0.05, 0) is 50.4 Å². The Morgan fingerprint density at radius 2 is 2.00 bits per heavy atom. The van der Waals surface area contributed by atoms with Crippen LogP contribution in [0.3, 0.4) is 0 Å². The molecule has 0 amide bonds. The van der Waals surface area contributed by atoms with Gasteiger partial charge in [0.25, 0.3) is 0 Å². The first-order valence-electron chi connectivity index (χ1n) is 6.74. The van der Waals surface area contributed by atoms with Crippen LogP contribution in [0.1, 0.15) is 37.8 Å². The van der Waals surface area contributed by atoms with Crippen molar-refractivity contribution < 1.29 is 13.9 Å². The number of ether oxygens (including phenoxy) is 2. The van der Waals surface area contributed by atoms with Crippen molar-refractivity contribution in [1.82, 2.24) is 5.32 Å². The second-order valence-electron chi connectivity index (χ2n) is 4.62. The van der Waals surface area contributed by atoms with Gasteiger partial charge in [-0.3, -0.25) is 0 Å². The molecule has 0 aliphatic heterocycles. The van der Waals surface area contributed by atoms with Crippen LogP contribution in [0.2, 0.25) is 0 Å². The predicted octanol–water partition coefficient (Wildman–Crippen LogP) is 3.30. The number of benzene rings is 1. The molecule has 0 aromatic heterocycles. The van der Waals surface area contributed by atoms with Gasteiger partial charge in [-0.25, -0.2) is 4.39 Å². The van der Waals surface area contributed by atoms with Crippen LogP contribution in [0.25, 0.3) is 0 Å². The minimum atomic E-state index is -0.311. The SMILES string of the molecule is COCCCCCNC(C)c1ccc(OC)c(F)c1. The molecule has 1 unspecified atom stereocenters. The first-order valence-corrected chi connectivity index (χ1v) is 6.74. The number of unbranched alkanes of at least 4 members (excludes halogenated alkanes) is 2. The average Bonchev–Trinajstić information content (AvgIpc) is 2.42. The molecule has 0 radical (unpaired) electrons. The van der Waals surface area contributed by atoms with E-state index in [2.05, 4.69) is 5.32 Å². The van der Waals surface area contributed by atoms with Crippen molar-refractivity contribution in [2.45, 2.75) is 32.2 Å². The van der Waals surface area contributed by atoms with Gasteiger partial charge in [0, 0.05) is 19.8 Å². The van der Waals surface area contributed by atoms with Gasteiger partial charge in [0.15, 0.2) is 11.6 Å². The van der Waals surface area contributed by atoms with Crippen LogP contribution >= 0.6 is 0 Å². The van der Waals surface area contributed by atoms with Gasteiger partial charge in [0.1, 0.15) is 0 Å². The normalized spacial score (nSPS) is 12.4. The Morgan fingerprint density at radius 3 is 2.63 bits per heavy atom. The molecule has 0 aliphatic rings. The number of halogens is 1. The minimum absolute atomic E-state index is 0.142. The van der Waals surface area contributed by atoms with E-state index in [9.17, 15) is 4.39 Å². The highest BCUT2D eigenvalue weighted by molar-refractivity contribution is 5.30. The predicted molar refractivity (Wildman–Crippen MR) is 75.1 cm³/mol. The average molecular weight is 269 g/mol. The first-order chi connectivity index (χ1) is 9.19. The first kappa shape index (κ1) is 15.9. The third kappa shape index (κ3) is 5.57. The summed E-state index contributed by atoms with van der Waals surface area (Å²) in [5.74, 6) is -0.0238. The lowest BCUT2D eigenvalue weighted by Gasteiger charge is -2.15. The second-order valence-corrected chi connectivity index (χ2v) is 4.62. The van der Waals surface area contributed by atoms with Gasteiger partial charge in [0.2, 0.25) is 0 Å². The number of hydrogen-bond donors (Lipinski definition) is 1. The summed E-state index contributed by atoms with van der Waals surface area (Å²) in [6.07, 6.45) is 3.33. The van der Waals surface area contributed by atoms with Gasteiger partial charge in [-0.2, -0.15) is 0 Å². The van der Waals surface area contributed by atoms with Crippen LogP contribution in [0.15, 0.2) is 18.2 Å². The minimum Gasteiger partial charge on any atom is -0.494 e. The van der Waals surface area contributed by atoms with Crippen molar-refractivity contribution in [3.63, 3.8) is 0 Å². The van der Waals surface area contributed by atoms with Gasteiger partial charge < -0.3 is 14.8 Å².